The van der Waals surface area contributed by atoms with Crippen molar-refractivity contribution >= 4 is 70.4 Å². The van der Waals surface area contributed by atoms with Crippen molar-refractivity contribution in [1.29, 1.82) is 0 Å². The van der Waals surface area contributed by atoms with Crippen LogP contribution < -0.4 is 0 Å². The molecule has 0 radical (unpaired) electrons. The normalized spacial score (nSPS) is 12.0. The van der Waals surface area contributed by atoms with Crippen molar-refractivity contribution in [2.75, 3.05) is 0 Å². The fourth-order valence-electron chi connectivity index (χ4n) is 8.93. The molecule has 0 saturated heterocycles. The van der Waals surface area contributed by atoms with E-state index in [1.165, 1.54) is 70.4 Å². The number of para-hydroxylation sites is 2. The van der Waals surface area contributed by atoms with Crippen LogP contribution in [-0.2, 0) is 0 Å². The fourth-order valence-corrected chi connectivity index (χ4v) is 8.93. The van der Waals surface area contributed by atoms with Crippen LogP contribution in [0.25, 0.3) is 116 Å². The maximum absolute atomic E-state index is 5.19. The van der Waals surface area contributed by atoms with Crippen LogP contribution in [0.4, 0.5) is 0 Å². The molecular weight excluding hydrogens is 669 g/mol. The molecule has 3 heterocycles. The molecule has 0 spiro atoms. The van der Waals surface area contributed by atoms with E-state index in [9.17, 15) is 0 Å². The number of aromatic nitrogens is 4. The highest BCUT2D eigenvalue weighted by Gasteiger charge is 2.21. The van der Waals surface area contributed by atoms with Crippen molar-refractivity contribution in [2.24, 2.45) is 0 Å². The molecule has 3 aromatic heterocycles. The number of nitrogens with zero attached hydrogens (tertiary/aromatic N) is 4. The van der Waals surface area contributed by atoms with Crippen LogP contribution in [0.15, 0.2) is 182 Å². The number of benzene rings is 9. The molecule has 0 fully saturated rings. The van der Waals surface area contributed by atoms with Gasteiger partial charge in [-0.3, -0.25) is 0 Å². The van der Waals surface area contributed by atoms with E-state index >= 15 is 0 Å². The van der Waals surface area contributed by atoms with Crippen molar-refractivity contribution < 1.29 is 0 Å². The van der Waals surface area contributed by atoms with Gasteiger partial charge in [-0.1, -0.05) is 152 Å². The lowest BCUT2D eigenvalue weighted by Crippen LogP contribution is -2.00. The summed E-state index contributed by atoms with van der Waals surface area (Å²) in [7, 11) is 0. The van der Waals surface area contributed by atoms with E-state index in [1.807, 2.05) is 36.4 Å². The molecule has 4 heteroatoms. The van der Waals surface area contributed by atoms with E-state index in [0.29, 0.717) is 17.5 Å². The average Bonchev–Trinajstić information content (AvgIpc) is 3.79. The molecule has 0 amide bonds. The van der Waals surface area contributed by atoms with Gasteiger partial charge < -0.3 is 4.40 Å². The molecule has 0 aliphatic heterocycles. The van der Waals surface area contributed by atoms with Crippen molar-refractivity contribution in [2.45, 2.75) is 0 Å². The molecule has 0 unspecified atom stereocenters. The summed E-state index contributed by atoms with van der Waals surface area (Å²) in [4.78, 5) is 15.4. The first-order chi connectivity index (χ1) is 27.3. The standard InChI is InChI=1S/C51H30N4/c1-3-14-31(15-4-1)49-52-50(32-16-5-2-6-17-32)54-51(53-49)34-29-42(47-39-22-10-9-19-36(39)35-18-7-8-20-37(35)44(47)30-34)33-26-27-46-43(28-33)41-24-13-23-40-38-21-11-12-25-45(38)55(46)48(40)41/h1-30H. The maximum atomic E-state index is 5.19. The van der Waals surface area contributed by atoms with Gasteiger partial charge >= 0.3 is 0 Å². The van der Waals surface area contributed by atoms with Gasteiger partial charge in [0.05, 0.1) is 16.6 Å². The summed E-state index contributed by atoms with van der Waals surface area (Å²) < 4.78 is 2.44. The molecule has 0 bridgehead atoms. The average molecular weight is 699 g/mol. The Morgan fingerprint density at radius 1 is 0.291 bits per heavy atom. The van der Waals surface area contributed by atoms with Crippen LogP contribution in [0, 0.1) is 0 Å². The molecule has 0 atom stereocenters. The molecule has 0 N–H and O–H groups in total. The van der Waals surface area contributed by atoms with Crippen LogP contribution in [0.2, 0.25) is 0 Å². The Hall–Kier alpha value is -7.43. The smallest absolute Gasteiger partial charge is 0.164 e. The van der Waals surface area contributed by atoms with Gasteiger partial charge in [-0.2, -0.15) is 0 Å². The fraction of sp³-hybridized carbons (Fsp3) is 0. The van der Waals surface area contributed by atoms with Crippen molar-refractivity contribution in [3.63, 3.8) is 0 Å². The SMILES string of the molecule is c1ccc(-c2nc(-c3ccccc3)nc(-c3cc(-c4ccc5c(c4)c4cccc6c7ccccc7n5c64)c4c5ccccc5c5ccccc5c4c3)n2)cc1. The molecule has 12 rings (SSSR count). The minimum atomic E-state index is 0.640. The van der Waals surface area contributed by atoms with Crippen LogP contribution in [0.1, 0.15) is 0 Å². The van der Waals surface area contributed by atoms with E-state index in [1.54, 1.807) is 0 Å². The Morgan fingerprint density at radius 2 is 0.764 bits per heavy atom. The summed E-state index contributed by atoms with van der Waals surface area (Å²) in [6.45, 7) is 0. The Labute approximate surface area is 316 Å². The van der Waals surface area contributed by atoms with E-state index in [-0.39, 0.29) is 0 Å². The minimum absolute atomic E-state index is 0.640. The summed E-state index contributed by atoms with van der Waals surface area (Å²) in [5, 5.41) is 12.4. The second-order valence-electron chi connectivity index (χ2n) is 14.4. The molecule has 4 nitrogen and oxygen atoms in total. The summed E-state index contributed by atoms with van der Waals surface area (Å²) in [6, 6.07) is 65.0. The Bertz CT molecular complexity index is 3420. The zero-order chi connectivity index (χ0) is 36.0. The van der Waals surface area contributed by atoms with Gasteiger partial charge in [0, 0.05) is 38.2 Å². The number of rotatable bonds is 4. The lowest BCUT2D eigenvalue weighted by molar-refractivity contribution is 1.07. The van der Waals surface area contributed by atoms with Crippen molar-refractivity contribution in [3.8, 4) is 45.3 Å². The molecule has 9 aromatic carbocycles. The quantitative estimate of drug-likeness (QED) is 0.172. The third kappa shape index (κ3) is 4.43. The summed E-state index contributed by atoms with van der Waals surface area (Å²) in [5.74, 6) is 1.94. The van der Waals surface area contributed by atoms with Crippen LogP contribution in [0.3, 0.4) is 0 Å². The predicted octanol–water partition coefficient (Wildman–Crippen LogP) is 13.1. The minimum Gasteiger partial charge on any atom is -0.308 e. The first-order valence-corrected chi connectivity index (χ1v) is 18.7. The number of hydrogen-bond donors (Lipinski definition) is 0. The molecule has 0 saturated carbocycles. The van der Waals surface area contributed by atoms with E-state index < -0.39 is 0 Å². The van der Waals surface area contributed by atoms with Crippen LogP contribution in [0.5, 0.6) is 0 Å². The van der Waals surface area contributed by atoms with Crippen LogP contribution >= 0.6 is 0 Å². The lowest BCUT2D eigenvalue weighted by Gasteiger charge is -2.17. The highest BCUT2D eigenvalue weighted by Crippen LogP contribution is 2.45. The second-order valence-corrected chi connectivity index (χ2v) is 14.4. The highest BCUT2D eigenvalue weighted by atomic mass is 15.0. The first kappa shape index (κ1) is 30.1. The summed E-state index contributed by atoms with van der Waals surface area (Å²) in [6.07, 6.45) is 0. The second kappa shape index (κ2) is 11.5. The number of fused-ring (bicyclic) bond motifs is 12. The largest absolute Gasteiger partial charge is 0.308 e. The van der Waals surface area contributed by atoms with Gasteiger partial charge in [0.25, 0.3) is 0 Å². The Morgan fingerprint density at radius 3 is 1.44 bits per heavy atom. The molecule has 12 aromatic rings. The van der Waals surface area contributed by atoms with Crippen molar-refractivity contribution in [3.05, 3.63) is 182 Å². The van der Waals surface area contributed by atoms with Crippen molar-refractivity contribution in [1.82, 2.24) is 19.4 Å². The van der Waals surface area contributed by atoms with E-state index in [2.05, 4.69) is 150 Å². The van der Waals surface area contributed by atoms with Gasteiger partial charge in [-0.05, 0) is 73.8 Å². The third-order valence-electron chi connectivity index (χ3n) is 11.3. The first-order valence-electron chi connectivity index (χ1n) is 18.7. The predicted molar refractivity (Wildman–Crippen MR) is 229 cm³/mol. The van der Waals surface area contributed by atoms with Gasteiger partial charge in [-0.25, -0.2) is 15.0 Å². The van der Waals surface area contributed by atoms with E-state index in [0.717, 1.165) is 27.8 Å². The monoisotopic (exact) mass is 698 g/mol. The van der Waals surface area contributed by atoms with Gasteiger partial charge in [0.2, 0.25) is 0 Å². The van der Waals surface area contributed by atoms with Gasteiger partial charge in [0.15, 0.2) is 17.5 Å². The topological polar surface area (TPSA) is 43.1 Å². The lowest BCUT2D eigenvalue weighted by atomic mass is 9.87. The van der Waals surface area contributed by atoms with Crippen LogP contribution in [-0.4, -0.2) is 19.4 Å². The zero-order valence-corrected chi connectivity index (χ0v) is 29.6. The third-order valence-corrected chi connectivity index (χ3v) is 11.3. The summed E-state index contributed by atoms with van der Waals surface area (Å²) in [5.41, 5.74) is 8.86. The molecule has 0 aliphatic rings. The van der Waals surface area contributed by atoms with Gasteiger partial charge in [-0.15, -0.1) is 0 Å². The zero-order valence-electron chi connectivity index (χ0n) is 29.6. The molecule has 55 heavy (non-hydrogen) atoms. The highest BCUT2D eigenvalue weighted by molar-refractivity contribution is 6.30. The molecule has 254 valence electrons. The summed E-state index contributed by atoms with van der Waals surface area (Å²) >= 11 is 0. The van der Waals surface area contributed by atoms with Gasteiger partial charge in [0.1, 0.15) is 0 Å². The Balaban J connectivity index is 1.20. The van der Waals surface area contributed by atoms with E-state index in [4.69, 9.17) is 15.0 Å². The molecular formula is C51H30N4. The maximum Gasteiger partial charge on any atom is 0.164 e. The Kier molecular flexibility index (Phi) is 6.31. The number of hydrogen-bond acceptors (Lipinski definition) is 3. The molecule has 0 aliphatic carbocycles.